The van der Waals surface area contributed by atoms with E-state index in [1.165, 1.54) is 12.8 Å². The second-order valence-corrected chi connectivity index (χ2v) is 3.80. The fraction of sp³-hybridized carbons (Fsp3) is 1.00. The Bertz CT molecular complexity index is 151. The minimum atomic E-state index is -0.553. The van der Waals surface area contributed by atoms with Gasteiger partial charge >= 0.3 is 0 Å². The van der Waals surface area contributed by atoms with E-state index in [2.05, 4.69) is 0 Å². The standard InChI is InChI=1S/C7H15N3/c8-6-4-1-2-5(3-4)7(6,9)10/h4-6H,1-3,8-10H2. The molecule has 3 unspecified atom stereocenters. The third kappa shape index (κ3) is 0.603. The van der Waals surface area contributed by atoms with Gasteiger partial charge in [-0.3, -0.25) is 0 Å². The maximum Gasteiger partial charge on any atom is 0.0824 e. The summed E-state index contributed by atoms with van der Waals surface area (Å²) in [6.07, 6.45) is 3.58. The van der Waals surface area contributed by atoms with Crippen molar-refractivity contribution in [1.29, 1.82) is 0 Å². The summed E-state index contributed by atoms with van der Waals surface area (Å²) in [7, 11) is 0. The van der Waals surface area contributed by atoms with Crippen LogP contribution in [0.25, 0.3) is 0 Å². The average molecular weight is 141 g/mol. The lowest BCUT2D eigenvalue weighted by Crippen LogP contribution is -2.65. The molecule has 3 atom stereocenters. The summed E-state index contributed by atoms with van der Waals surface area (Å²) in [5.41, 5.74) is 17.0. The van der Waals surface area contributed by atoms with E-state index in [0.717, 1.165) is 6.42 Å². The van der Waals surface area contributed by atoms with Gasteiger partial charge in [-0.25, -0.2) is 0 Å². The van der Waals surface area contributed by atoms with Crippen LogP contribution in [0.3, 0.4) is 0 Å². The van der Waals surface area contributed by atoms with E-state index < -0.39 is 5.66 Å². The van der Waals surface area contributed by atoms with Crippen molar-refractivity contribution in [1.82, 2.24) is 0 Å². The van der Waals surface area contributed by atoms with Gasteiger partial charge in [0.25, 0.3) is 0 Å². The highest BCUT2D eigenvalue weighted by atomic mass is 15.1. The number of nitrogens with two attached hydrogens (primary N) is 3. The highest BCUT2D eigenvalue weighted by molar-refractivity contribution is 5.09. The first-order chi connectivity index (χ1) is 4.62. The van der Waals surface area contributed by atoms with Crippen molar-refractivity contribution in [2.45, 2.75) is 31.0 Å². The Hall–Kier alpha value is -0.120. The number of rotatable bonds is 0. The van der Waals surface area contributed by atoms with E-state index in [9.17, 15) is 0 Å². The lowest BCUT2D eigenvalue weighted by atomic mass is 9.86. The Morgan fingerprint density at radius 2 is 1.90 bits per heavy atom. The Balaban J connectivity index is 2.25. The van der Waals surface area contributed by atoms with Crippen LogP contribution in [0, 0.1) is 11.8 Å². The van der Waals surface area contributed by atoms with Crippen LogP contribution in [0.15, 0.2) is 0 Å². The predicted octanol–water partition coefficient (Wildman–Crippen LogP) is -0.643. The second kappa shape index (κ2) is 1.72. The normalized spacial score (nSPS) is 50.1. The van der Waals surface area contributed by atoms with Crippen molar-refractivity contribution in [3.05, 3.63) is 0 Å². The SMILES string of the molecule is NC1C2CCC(C2)C1(N)N. The molecule has 0 aromatic rings. The molecule has 0 radical (unpaired) electrons. The van der Waals surface area contributed by atoms with Crippen LogP contribution in [-0.2, 0) is 0 Å². The Labute approximate surface area is 60.9 Å². The zero-order valence-electron chi connectivity index (χ0n) is 6.09. The molecule has 58 valence electrons. The monoisotopic (exact) mass is 141 g/mol. The molecule has 0 spiro atoms. The van der Waals surface area contributed by atoms with Crippen LogP contribution in [-0.4, -0.2) is 11.7 Å². The van der Waals surface area contributed by atoms with Gasteiger partial charge in [0, 0.05) is 6.04 Å². The van der Waals surface area contributed by atoms with Crippen molar-refractivity contribution in [2.24, 2.45) is 29.0 Å². The topological polar surface area (TPSA) is 78.1 Å². The molecule has 6 N–H and O–H groups in total. The molecule has 10 heavy (non-hydrogen) atoms. The quantitative estimate of drug-likeness (QED) is 0.392. The molecule has 0 aromatic carbocycles. The van der Waals surface area contributed by atoms with Gasteiger partial charge in [-0.1, -0.05) is 0 Å². The number of hydrogen-bond acceptors (Lipinski definition) is 3. The van der Waals surface area contributed by atoms with Crippen molar-refractivity contribution in [3.8, 4) is 0 Å². The Kier molecular flexibility index (Phi) is 1.14. The van der Waals surface area contributed by atoms with Crippen LogP contribution >= 0.6 is 0 Å². The third-order valence-corrected chi connectivity index (χ3v) is 3.27. The second-order valence-electron chi connectivity index (χ2n) is 3.80. The zero-order valence-corrected chi connectivity index (χ0v) is 6.09. The highest BCUT2D eigenvalue weighted by Gasteiger charge is 2.52. The van der Waals surface area contributed by atoms with Crippen LogP contribution in [0.4, 0.5) is 0 Å². The van der Waals surface area contributed by atoms with E-state index in [4.69, 9.17) is 17.2 Å². The molecular weight excluding hydrogens is 126 g/mol. The first kappa shape index (κ1) is 6.58. The molecule has 0 aliphatic heterocycles. The van der Waals surface area contributed by atoms with Gasteiger partial charge in [-0.15, -0.1) is 0 Å². The molecule has 2 rings (SSSR count). The van der Waals surface area contributed by atoms with Gasteiger partial charge in [0.2, 0.25) is 0 Å². The van der Waals surface area contributed by atoms with Crippen molar-refractivity contribution in [2.75, 3.05) is 0 Å². The summed E-state index contributed by atoms with van der Waals surface area (Å²) in [5.74, 6) is 1.10. The van der Waals surface area contributed by atoms with E-state index in [-0.39, 0.29) is 6.04 Å². The van der Waals surface area contributed by atoms with E-state index in [1.54, 1.807) is 0 Å². The molecule has 0 saturated heterocycles. The summed E-state index contributed by atoms with van der Waals surface area (Å²) in [6, 6.07) is 0.0475. The molecule has 2 fully saturated rings. The van der Waals surface area contributed by atoms with Crippen LogP contribution in [0.2, 0.25) is 0 Å². The molecular formula is C7H15N3. The summed E-state index contributed by atoms with van der Waals surface area (Å²) in [4.78, 5) is 0. The number of fused-ring (bicyclic) bond motifs is 2. The van der Waals surface area contributed by atoms with Gasteiger partial charge in [0.05, 0.1) is 5.66 Å². The number of hydrogen-bond donors (Lipinski definition) is 3. The van der Waals surface area contributed by atoms with E-state index in [0.29, 0.717) is 11.8 Å². The smallest absolute Gasteiger partial charge is 0.0824 e. The van der Waals surface area contributed by atoms with Gasteiger partial charge in [-0.05, 0) is 31.1 Å². The van der Waals surface area contributed by atoms with Crippen molar-refractivity contribution >= 4 is 0 Å². The lowest BCUT2D eigenvalue weighted by Gasteiger charge is -2.34. The highest BCUT2D eigenvalue weighted by Crippen LogP contribution is 2.46. The van der Waals surface area contributed by atoms with E-state index in [1.807, 2.05) is 0 Å². The molecule has 3 heteroatoms. The molecule has 2 aliphatic carbocycles. The third-order valence-electron chi connectivity index (χ3n) is 3.27. The summed E-state index contributed by atoms with van der Waals surface area (Å²) in [5, 5.41) is 0. The Morgan fingerprint density at radius 1 is 1.20 bits per heavy atom. The minimum Gasteiger partial charge on any atom is -0.325 e. The van der Waals surface area contributed by atoms with Gasteiger partial charge in [-0.2, -0.15) is 0 Å². The minimum absolute atomic E-state index is 0.0475. The van der Waals surface area contributed by atoms with Crippen LogP contribution < -0.4 is 17.2 Å². The average Bonchev–Trinajstić information content (AvgIpc) is 2.37. The maximum absolute atomic E-state index is 5.86. The molecule has 0 amide bonds. The molecule has 3 nitrogen and oxygen atoms in total. The van der Waals surface area contributed by atoms with Gasteiger partial charge in [0.1, 0.15) is 0 Å². The molecule has 2 saturated carbocycles. The van der Waals surface area contributed by atoms with Gasteiger partial charge in [0.15, 0.2) is 0 Å². The summed E-state index contributed by atoms with van der Waals surface area (Å²) < 4.78 is 0. The molecule has 0 heterocycles. The molecule has 2 aliphatic rings. The maximum atomic E-state index is 5.86. The first-order valence-corrected chi connectivity index (χ1v) is 3.95. The van der Waals surface area contributed by atoms with Gasteiger partial charge < -0.3 is 17.2 Å². The fourth-order valence-corrected chi connectivity index (χ4v) is 2.48. The van der Waals surface area contributed by atoms with E-state index >= 15 is 0 Å². The van der Waals surface area contributed by atoms with Crippen LogP contribution in [0.1, 0.15) is 19.3 Å². The predicted molar refractivity (Wildman–Crippen MR) is 39.9 cm³/mol. The largest absolute Gasteiger partial charge is 0.325 e. The first-order valence-electron chi connectivity index (χ1n) is 3.95. The zero-order chi connectivity index (χ0) is 7.35. The van der Waals surface area contributed by atoms with Crippen LogP contribution in [0.5, 0.6) is 0 Å². The summed E-state index contributed by atoms with van der Waals surface area (Å²) >= 11 is 0. The lowest BCUT2D eigenvalue weighted by molar-refractivity contribution is 0.242. The summed E-state index contributed by atoms with van der Waals surface area (Å²) in [6.45, 7) is 0. The van der Waals surface area contributed by atoms with Crippen molar-refractivity contribution in [3.63, 3.8) is 0 Å². The molecule has 0 aromatic heterocycles. The van der Waals surface area contributed by atoms with Crippen molar-refractivity contribution < 1.29 is 0 Å². The molecule has 2 bridgehead atoms. The Morgan fingerprint density at radius 3 is 2.20 bits per heavy atom. The fourth-order valence-electron chi connectivity index (χ4n) is 2.48.